The van der Waals surface area contributed by atoms with E-state index in [0.717, 1.165) is 16.8 Å². The largest absolute Gasteiger partial charge is 0.508 e. The van der Waals surface area contributed by atoms with Gasteiger partial charge in [0.15, 0.2) is 17.3 Å². The summed E-state index contributed by atoms with van der Waals surface area (Å²) in [5.74, 6) is 1.17. The summed E-state index contributed by atoms with van der Waals surface area (Å²) in [5.41, 5.74) is 4.05. The summed E-state index contributed by atoms with van der Waals surface area (Å²) in [4.78, 5) is 21.5. The summed E-state index contributed by atoms with van der Waals surface area (Å²) >= 11 is 0. The van der Waals surface area contributed by atoms with Gasteiger partial charge < -0.3 is 24.3 Å². The predicted octanol–water partition coefficient (Wildman–Crippen LogP) is 4.63. The van der Waals surface area contributed by atoms with E-state index in [1.165, 1.54) is 21.3 Å². The molecule has 0 aliphatic rings. The van der Waals surface area contributed by atoms with Crippen LogP contribution in [0.4, 0.5) is 0 Å². The highest BCUT2D eigenvalue weighted by atomic mass is 16.5. The number of aromatic amines is 1. The first-order valence-corrected chi connectivity index (χ1v) is 10.3. The number of nitrogens with zero attached hydrogens (tertiary/aromatic N) is 1. The van der Waals surface area contributed by atoms with Crippen LogP contribution >= 0.6 is 0 Å². The Morgan fingerprint density at radius 2 is 1.67 bits per heavy atom. The van der Waals surface area contributed by atoms with Crippen LogP contribution in [0.1, 0.15) is 27.2 Å². The Bertz CT molecular complexity index is 1240. The molecule has 0 aliphatic heterocycles. The van der Waals surface area contributed by atoms with Crippen LogP contribution in [0.15, 0.2) is 67.0 Å². The molecule has 0 spiro atoms. The molecule has 0 amide bonds. The number of pyridine rings is 1. The maximum absolute atomic E-state index is 13.7. The Labute approximate surface area is 191 Å². The van der Waals surface area contributed by atoms with Crippen molar-refractivity contribution in [2.45, 2.75) is 6.42 Å². The number of phenols is 1. The highest BCUT2D eigenvalue weighted by molar-refractivity contribution is 6.11. The maximum atomic E-state index is 13.7. The molecule has 0 fully saturated rings. The number of carbonyl (C=O) groups is 1. The minimum Gasteiger partial charge on any atom is -0.508 e. The van der Waals surface area contributed by atoms with Crippen molar-refractivity contribution in [2.24, 2.45) is 0 Å². The zero-order valence-corrected chi connectivity index (χ0v) is 18.6. The molecule has 2 heterocycles. The number of hydrogen-bond acceptors (Lipinski definition) is 6. The molecule has 0 saturated carbocycles. The number of nitrogens with one attached hydrogen (secondary N) is 1. The van der Waals surface area contributed by atoms with Gasteiger partial charge in [0, 0.05) is 41.2 Å². The molecule has 2 aromatic carbocycles. The SMILES string of the molecule is COc1cc(C(=O)c2cc(-c3ccc[nH]3)cnc2Cc2ccc(O)cc2)cc(OC)c1OC. The van der Waals surface area contributed by atoms with Gasteiger partial charge in [-0.05, 0) is 48.0 Å². The van der Waals surface area contributed by atoms with Gasteiger partial charge in [-0.3, -0.25) is 9.78 Å². The number of methoxy groups -OCH3 is 3. The van der Waals surface area contributed by atoms with Gasteiger partial charge in [-0.2, -0.15) is 0 Å². The van der Waals surface area contributed by atoms with E-state index in [0.29, 0.717) is 40.5 Å². The molecule has 7 nitrogen and oxygen atoms in total. The number of aromatic nitrogens is 2. The van der Waals surface area contributed by atoms with E-state index in [4.69, 9.17) is 14.2 Å². The zero-order valence-electron chi connectivity index (χ0n) is 18.6. The first-order valence-electron chi connectivity index (χ1n) is 10.3. The number of hydrogen-bond donors (Lipinski definition) is 2. The third kappa shape index (κ3) is 4.52. The summed E-state index contributed by atoms with van der Waals surface area (Å²) in [6.45, 7) is 0. The minimum absolute atomic E-state index is 0.183. The molecule has 0 saturated heterocycles. The topological polar surface area (TPSA) is 93.7 Å². The second-order valence-electron chi connectivity index (χ2n) is 7.39. The summed E-state index contributed by atoms with van der Waals surface area (Å²) in [7, 11) is 4.53. The van der Waals surface area contributed by atoms with E-state index < -0.39 is 0 Å². The van der Waals surface area contributed by atoms with E-state index in [1.54, 1.807) is 30.5 Å². The van der Waals surface area contributed by atoms with Gasteiger partial charge in [0.25, 0.3) is 0 Å². The number of ketones is 1. The molecule has 168 valence electrons. The van der Waals surface area contributed by atoms with Crippen LogP contribution in [0.3, 0.4) is 0 Å². The van der Waals surface area contributed by atoms with Gasteiger partial charge in [-0.25, -0.2) is 0 Å². The van der Waals surface area contributed by atoms with E-state index in [1.807, 2.05) is 36.5 Å². The Morgan fingerprint density at radius 3 is 2.24 bits per heavy atom. The molecule has 7 heteroatoms. The Kier molecular flexibility index (Phi) is 6.31. The van der Waals surface area contributed by atoms with Crippen LogP contribution in [0.5, 0.6) is 23.0 Å². The van der Waals surface area contributed by atoms with Crippen LogP contribution in [-0.4, -0.2) is 42.2 Å². The van der Waals surface area contributed by atoms with Gasteiger partial charge in [-0.15, -0.1) is 0 Å². The number of ether oxygens (including phenoxy) is 3. The average Bonchev–Trinajstić information content (AvgIpc) is 3.39. The zero-order chi connectivity index (χ0) is 23.4. The molecule has 33 heavy (non-hydrogen) atoms. The quantitative estimate of drug-likeness (QED) is 0.385. The molecule has 0 atom stereocenters. The Balaban J connectivity index is 1.82. The highest BCUT2D eigenvalue weighted by Crippen LogP contribution is 2.39. The molecule has 0 bridgehead atoms. The number of benzene rings is 2. The molecule has 0 unspecified atom stereocenters. The minimum atomic E-state index is -0.219. The number of aromatic hydroxyl groups is 1. The van der Waals surface area contributed by atoms with Gasteiger partial charge in [0.05, 0.1) is 27.0 Å². The summed E-state index contributed by atoms with van der Waals surface area (Å²) in [6.07, 6.45) is 3.99. The van der Waals surface area contributed by atoms with Crippen LogP contribution in [0.2, 0.25) is 0 Å². The summed E-state index contributed by atoms with van der Waals surface area (Å²) < 4.78 is 16.2. The molecule has 2 N–H and O–H groups in total. The van der Waals surface area contributed by atoms with E-state index in [-0.39, 0.29) is 11.5 Å². The molecular formula is C26H24N2O5. The van der Waals surface area contributed by atoms with Crippen LogP contribution in [0.25, 0.3) is 11.3 Å². The molecular weight excluding hydrogens is 420 g/mol. The predicted molar refractivity (Wildman–Crippen MR) is 124 cm³/mol. The second-order valence-corrected chi connectivity index (χ2v) is 7.39. The van der Waals surface area contributed by atoms with Crippen molar-refractivity contribution in [2.75, 3.05) is 21.3 Å². The van der Waals surface area contributed by atoms with E-state index in [2.05, 4.69) is 9.97 Å². The van der Waals surface area contributed by atoms with Gasteiger partial charge in [0.1, 0.15) is 5.75 Å². The molecule has 4 aromatic rings. The number of rotatable bonds is 8. The lowest BCUT2D eigenvalue weighted by molar-refractivity contribution is 0.103. The van der Waals surface area contributed by atoms with Crippen molar-refractivity contribution in [3.05, 3.63) is 89.4 Å². The van der Waals surface area contributed by atoms with Gasteiger partial charge in [0.2, 0.25) is 5.75 Å². The fraction of sp³-hybridized carbons (Fsp3) is 0.154. The third-order valence-corrected chi connectivity index (χ3v) is 5.36. The van der Waals surface area contributed by atoms with Crippen molar-refractivity contribution in [3.8, 4) is 34.3 Å². The maximum Gasteiger partial charge on any atom is 0.203 e. The number of phenolic OH excluding ortho intramolecular Hbond substituents is 1. The summed E-state index contributed by atoms with van der Waals surface area (Å²) in [5, 5.41) is 9.59. The fourth-order valence-electron chi connectivity index (χ4n) is 3.66. The average molecular weight is 444 g/mol. The van der Waals surface area contributed by atoms with E-state index in [9.17, 15) is 9.90 Å². The van der Waals surface area contributed by atoms with E-state index >= 15 is 0 Å². The van der Waals surface area contributed by atoms with Crippen molar-refractivity contribution in [1.29, 1.82) is 0 Å². The van der Waals surface area contributed by atoms with Crippen molar-refractivity contribution < 1.29 is 24.1 Å². The van der Waals surface area contributed by atoms with Crippen LogP contribution in [0, 0.1) is 0 Å². The smallest absolute Gasteiger partial charge is 0.203 e. The number of carbonyl (C=O) groups excluding carboxylic acids is 1. The molecule has 2 aromatic heterocycles. The third-order valence-electron chi connectivity index (χ3n) is 5.36. The molecule has 0 aliphatic carbocycles. The van der Waals surface area contributed by atoms with Gasteiger partial charge in [-0.1, -0.05) is 12.1 Å². The summed E-state index contributed by atoms with van der Waals surface area (Å²) in [6, 6.07) is 15.8. The second kappa shape index (κ2) is 9.48. The normalized spacial score (nSPS) is 10.6. The van der Waals surface area contributed by atoms with Crippen molar-refractivity contribution in [1.82, 2.24) is 9.97 Å². The van der Waals surface area contributed by atoms with Crippen LogP contribution in [-0.2, 0) is 6.42 Å². The monoisotopic (exact) mass is 444 g/mol. The van der Waals surface area contributed by atoms with Gasteiger partial charge >= 0.3 is 0 Å². The Hall–Kier alpha value is -4.26. The lowest BCUT2D eigenvalue weighted by Gasteiger charge is -2.15. The molecule has 4 rings (SSSR count). The number of H-pyrrole nitrogens is 1. The van der Waals surface area contributed by atoms with Crippen molar-refractivity contribution in [3.63, 3.8) is 0 Å². The first kappa shape index (κ1) is 22.0. The lowest BCUT2D eigenvalue weighted by Crippen LogP contribution is -2.10. The lowest BCUT2D eigenvalue weighted by atomic mass is 9.96. The molecule has 0 radical (unpaired) electrons. The van der Waals surface area contributed by atoms with Crippen molar-refractivity contribution >= 4 is 5.78 Å². The Morgan fingerprint density at radius 1 is 0.970 bits per heavy atom. The standard InChI is InChI=1S/C26H24N2O5/c1-31-23-13-17(14-24(32-2)26(23)33-3)25(30)20-12-18(21-5-4-10-27-21)15-28-22(20)11-16-6-8-19(29)9-7-16/h4-10,12-15,27,29H,11H2,1-3H3. The highest BCUT2D eigenvalue weighted by Gasteiger charge is 2.21. The van der Waals surface area contributed by atoms with Crippen LogP contribution < -0.4 is 14.2 Å². The first-order chi connectivity index (χ1) is 16.0. The fourth-order valence-corrected chi connectivity index (χ4v) is 3.66.